The van der Waals surface area contributed by atoms with Crippen molar-refractivity contribution in [2.24, 2.45) is 5.73 Å². The first-order valence-electron chi connectivity index (χ1n) is 4.98. The first-order chi connectivity index (χ1) is 6.65. The van der Waals surface area contributed by atoms with Gasteiger partial charge in [-0.1, -0.05) is 6.08 Å². The fourth-order valence-electron chi connectivity index (χ4n) is 1.67. The van der Waals surface area contributed by atoms with Crippen LogP contribution in [0.3, 0.4) is 0 Å². The molecule has 1 fully saturated rings. The number of nitrogens with two attached hydrogens (primary N) is 1. The Kier molecular flexibility index (Phi) is 4.10. The van der Waals surface area contributed by atoms with Crippen molar-refractivity contribution in [2.75, 3.05) is 13.1 Å². The number of rotatable bonds is 3. The minimum Gasteiger partial charge on any atom is -0.391 e. The van der Waals surface area contributed by atoms with E-state index in [4.69, 9.17) is 5.73 Å². The first kappa shape index (κ1) is 11.2. The van der Waals surface area contributed by atoms with Crippen LogP contribution in [0.2, 0.25) is 0 Å². The lowest BCUT2D eigenvalue weighted by Crippen LogP contribution is -2.49. The second-order valence-corrected chi connectivity index (χ2v) is 3.71. The largest absolute Gasteiger partial charge is 0.391 e. The van der Waals surface area contributed by atoms with E-state index in [0.717, 1.165) is 12.8 Å². The maximum Gasteiger partial charge on any atom is 0.239 e. The summed E-state index contributed by atoms with van der Waals surface area (Å²) < 4.78 is 0. The molecule has 2 atom stereocenters. The zero-order valence-electron chi connectivity index (χ0n) is 8.35. The fraction of sp³-hybridized carbons (Fsp3) is 0.700. The van der Waals surface area contributed by atoms with Crippen LogP contribution in [0.25, 0.3) is 0 Å². The summed E-state index contributed by atoms with van der Waals surface area (Å²) in [6, 6.07) is -0.502. The fourth-order valence-corrected chi connectivity index (χ4v) is 1.67. The van der Waals surface area contributed by atoms with Gasteiger partial charge in [-0.3, -0.25) is 4.79 Å². The highest BCUT2D eigenvalue weighted by molar-refractivity contribution is 5.81. The molecule has 14 heavy (non-hydrogen) atoms. The third-order valence-electron chi connectivity index (χ3n) is 2.45. The van der Waals surface area contributed by atoms with Crippen LogP contribution in [0.4, 0.5) is 0 Å². The number of aliphatic hydroxyl groups excluding tert-OH is 1. The minimum atomic E-state index is -0.502. The molecule has 1 aliphatic rings. The maximum absolute atomic E-state index is 11.7. The second kappa shape index (κ2) is 5.12. The zero-order valence-corrected chi connectivity index (χ0v) is 8.35. The number of carbonyl (C=O) groups excluding carboxylic acids is 1. The third-order valence-corrected chi connectivity index (χ3v) is 2.45. The smallest absolute Gasteiger partial charge is 0.239 e. The van der Waals surface area contributed by atoms with Crippen molar-refractivity contribution in [3.63, 3.8) is 0 Å². The van der Waals surface area contributed by atoms with Gasteiger partial charge in [0.25, 0.3) is 0 Å². The Labute approximate surface area is 84.4 Å². The monoisotopic (exact) mass is 198 g/mol. The Bertz CT molecular complexity index is 218. The highest BCUT2D eigenvalue weighted by atomic mass is 16.3. The average Bonchev–Trinajstić information content (AvgIpc) is 2.17. The summed E-state index contributed by atoms with van der Waals surface area (Å²) in [7, 11) is 0. The van der Waals surface area contributed by atoms with Crippen LogP contribution in [-0.2, 0) is 4.79 Å². The molecule has 1 saturated heterocycles. The van der Waals surface area contributed by atoms with Crippen LogP contribution < -0.4 is 5.73 Å². The van der Waals surface area contributed by atoms with Gasteiger partial charge in [0, 0.05) is 13.1 Å². The Morgan fingerprint density at radius 1 is 1.79 bits per heavy atom. The quantitative estimate of drug-likeness (QED) is 0.621. The molecular formula is C10H18N2O2. The van der Waals surface area contributed by atoms with Crippen molar-refractivity contribution < 1.29 is 9.90 Å². The molecule has 0 aromatic heterocycles. The standard InChI is InChI=1S/C10H18N2O2/c1-2-4-9(11)10(14)12-6-3-5-8(13)7-12/h2,8-9,13H,1,3-7,11H2/t8-,9?/m0/s1. The number of piperidine rings is 1. The Hall–Kier alpha value is -0.870. The van der Waals surface area contributed by atoms with Gasteiger partial charge in [-0.15, -0.1) is 6.58 Å². The van der Waals surface area contributed by atoms with E-state index in [9.17, 15) is 9.90 Å². The molecule has 0 saturated carbocycles. The summed E-state index contributed by atoms with van der Waals surface area (Å²) in [6.07, 6.45) is 3.38. The molecule has 1 amide bonds. The second-order valence-electron chi connectivity index (χ2n) is 3.71. The van der Waals surface area contributed by atoms with Crippen molar-refractivity contribution >= 4 is 5.91 Å². The predicted octanol–water partition coefficient (Wildman–Crippen LogP) is -0.127. The molecule has 1 heterocycles. The van der Waals surface area contributed by atoms with Gasteiger partial charge in [0.15, 0.2) is 0 Å². The van der Waals surface area contributed by atoms with E-state index in [1.54, 1.807) is 11.0 Å². The highest BCUT2D eigenvalue weighted by Crippen LogP contribution is 2.11. The van der Waals surface area contributed by atoms with E-state index in [-0.39, 0.29) is 12.0 Å². The van der Waals surface area contributed by atoms with Crippen molar-refractivity contribution in [1.82, 2.24) is 4.90 Å². The van der Waals surface area contributed by atoms with Gasteiger partial charge in [-0.05, 0) is 19.3 Å². The molecule has 1 rings (SSSR count). The van der Waals surface area contributed by atoms with E-state index in [0.29, 0.717) is 19.5 Å². The Morgan fingerprint density at radius 3 is 3.07 bits per heavy atom. The number of hydrogen-bond acceptors (Lipinski definition) is 3. The molecule has 4 nitrogen and oxygen atoms in total. The molecule has 3 N–H and O–H groups in total. The lowest BCUT2D eigenvalue weighted by molar-refractivity contribution is -0.135. The number of amides is 1. The molecule has 1 unspecified atom stereocenters. The van der Waals surface area contributed by atoms with Gasteiger partial charge >= 0.3 is 0 Å². The van der Waals surface area contributed by atoms with Crippen LogP contribution in [0.15, 0.2) is 12.7 Å². The number of aliphatic hydroxyl groups is 1. The lowest BCUT2D eigenvalue weighted by atomic mass is 10.1. The molecule has 0 aromatic rings. The highest BCUT2D eigenvalue weighted by Gasteiger charge is 2.25. The number of carbonyl (C=O) groups is 1. The number of likely N-dealkylation sites (tertiary alicyclic amines) is 1. The van der Waals surface area contributed by atoms with Crippen LogP contribution in [0.1, 0.15) is 19.3 Å². The van der Waals surface area contributed by atoms with Crippen molar-refractivity contribution in [1.29, 1.82) is 0 Å². The number of nitrogens with zero attached hydrogens (tertiary/aromatic N) is 1. The van der Waals surface area contributed by atoms with Crippen LogP contribution >= 0.6 is 0 Å². The molecule has 0 bridgehead atoms. The molecule has 0 radical (unpaired) electrons. The Balaban J connectivity index is 2.46. The van der Waals surface area contributed by atoms with Gasteiger partial charge in [0.05, 0.1) is 12.1 Å². The summed E-state index contributed by atoms with van der Waals surface area (Å²) in [5.74, 6) is -0.0800. The van der Waals surface area contributed by atoms with Gasteiger partial charge in [0.1, 0.15) is 0 Å². The van der Waals surface area contributed by atoms with Crippen molar-refractivity contribution in [2.45, 2.75) is 31.4 Å². The Morgan fingerprint density at radius 2 is 2.50 bits per heavy atom. The van der Waals surface area contributed by atoms with Crippen LogP contribution in [0.5, 0.6) is 0 Å². The van der Waals surface area contributed by atoms with Crippen molar-refractivity contribution in [3.8, 4) is 0 Å². The summed E-state index contributed by atoms with van der Waals surface area (Å²) in [5.41, 5.74) is 5.66. The summed E-state index contributed by atoms with van der Waals surface area (Å²) in [6.45, 7) is 4.67. The van der Waals surface area contributed by atoms with E-state index in [1.807, 2.05) is 0 Å². The van der Waals surface area contributed by atoms with Crippen LogP contribution in [-0.4, -0.2) is 41.1 Å². The summed E-state index contributed by atoms with van der Waals surface area (Å²) in [5, 5.41) is 9.39. The van der Waals surface area contributed by atoms with E-state index in [1.165, 1.54) is 0 Å². The number of hydrogen-bond donors (Lipinski definition) is 2. The number of β-amino-alcohol motifs (C(OH)–C–C–N with tert-alkyl or cyclic N) is 1. The molecule has 0 spiro atoms. The van der Waals surface area contributed by atoms with Gasteiger partial charge < -0.3 is 15.7 Å². The third kappa shape index (κ3) is 2.82. The lowest BCUT2D eigenvalue weighted by Gasteiger charge is -2.31. The van der Waals surface area contributed by atoms with E-state index in [2.05, 4.69) is 6.58 Å². The SMILES string of the molecule is C=CCC(N)C(=O)N1CCC[C@H](O)C1. The van der Waals surface area contributed by atoms with Crippen LogP contribution in [0, 0.1) is 0 Å². The topological polar surface area (TPSA) is 66.6 Å². The van der Waals surface area contributed by atoms with Crippen molar-refractivity contribution in [3.05, 3.63) is 12.7 Å². The normalized spacial score (nSPS) is 24.4. The average molecular weight is 198 g/mol. The predicted molar refractivity (Wildman–Crippen MR) is 54.6 cm³/mol. The molecule has 0 aliphatic carbocycles. The first-order valence-corrected chi connectivity index (χ1v) is 4.98. The summed E-state index contributed by atoms with van der Waals surface area (Å²) in [4.78, 5) is 13.3. The minimum absolute atomic E-state index is 0.0800. The summed E-state index contributed by atoms with van der Waals surface area (Å²) >= 11 is 0. The molecular weight excluding hydrogens is 180 g/mol. The maximum atomic E-state index is 11.7. The molecule has 80 valence electrons. The van der Waals surface area contributed by atoms with Gasteiger partial charge in [-0.2, -0.15) is 0 Å². The zero-order chi connectivity index (χ0) is 10.6. The molecule has 4 heteroatoms. The van der Waals surface area contributed by atoms with Gasteiger partial charge in [-0.25, -0.2) is 0 Å². The van der Waals surface area contributed by atoms with Gasteiger partial charge in [0.2, 0.25) is 5.91 Å². The molecule has 0 aromatic carbocycles. The van der Waals surface area contributed by atoms with E-state index < -0.39 is 6.04 Å². The van der Waals surface area contributed by atoms with E-state index >= 15 is 0 Å². The molecule has 1 aliphatic heterocycles.